The highest BCUT2D eigenvalue weighted by atomic mass is 35.5. The van der Waals surface area contributed by atoms with Gasteiger partial charge >= 0.3 is 0 Å². The molecule has 0 bridgehead atoms. The first kappa shape index (κ1) is 14.8. The van der Waals surface area contributed by atoms with Gasteiger partial charge in [0.2, 0.25) is 5.78 Å². The molecule has 0 aliphatic carbocycles. The number of carbonyl (C=O) groups is 1. The molecule has 0 aliphatic heterocycles. The van der Waals surface area contributed by atoms with Gasteiger partial charge in [-0.2, -0.15) is 0 Å². The van der Waals surface area contributed by atoms with Crippen molar-refractivity contribution in [1.29, 1.82) is 0 Å². The molecule has 3 rings (SSSR count). The lowest BCUT2D eigenvalue weighted by Crippen LogP contribution is -2.01. The lowest BCUT2D eigenvalue weighted by molar-refractivity contribution is 0.104. The highest BCUT2D eigenvalue weighted by Crippen LogP contribution is 2.36. The second-order valence-electron chi connectivity index (χ2n) is 4.81. The summed E-state index contributed by atoms with van der Waals surface area (Å²) in [5.41, 5.74) is 2.60. The molecule has 1 heterocycles. The van der Waals surface area contributed by atoms with E-state index >= 15 is 0 Å². The summed E-state index contributed by atoms with van der Waals surface area (Å²) < 4.78 is 0. The van der Waals surface area contributed by atoms with E-state index in [4.69, 9.17) is 11.6 Å². The Labute approximate surface area is 138 Å². The molecule has 22 heavy (non-hydrogen) atoms. The number of thiophene rings is 1. The van der Waals surface area contributed by atoms with E-state index < -0.39 is 0 Å². The van der Waals surface area contributed by atoms with Crippen LogP contribution in [0.15, 0.2) is 60.7 Å². The summed E-state index contributed by atoms with van der Waals surface area (Å²) in [4.78, 5) is 14.5. The van der Waals surface area contributed by atoms with E-state index in [1.807, 2.05) is 43.4 Å². The Bertz CT molecular complexity index is 794. The van der Waals surface area contributed by atoms with Crippen LogP contribution in [0, 0.1) is 0 Å². The van der Waals surface area contributed by atoms with Crippen molar-refractivity contribution in [1.82, 2.24) is 0 Å². The fourth-order valence-corrected chi connectivity index (χ4v) is 3.48. The highest BCUT2D eigenvalue weighted by molar-refractivity contribution is 7.18. The van der Waals surface area contributed by atoms with Crippen LogP contribution in [0.3, 0.4) is 0 Å². The van der Waals surface area contributed by atoms with Crippen molar-refractivity contribution in [2.45, 2.75) is 0 Å². The van der Waals surface area contributed by atoms with Gasteiger partial charge in [0.25, 0.3) is 0 Å². The van der Waals surface area contributed by atoms with Gasteiger partial charge in [-0.3, -0.25) is 4.79 Å². The number of halogens is 1. The van der Waals surface area contributed by atoms with Gasteiger partial charge in [-0.1, -0.05) is 41.9 Å². The number of hydrogen-bond donors (Lipinski definition) is 1. The smallest absolute Gasteiger partial charge is 0.205 e. The van der Waals surface area contributed by atoms with E-state index in [-0.39, 0.29) is 5.78 Å². The number of carbonyl (C=O) groups excluding carboxylic acids is 1. The summed E-state index contributed by atoms with van der Waals surface area (Å²) in [6.07, 6.45) is 0. The number of hydrogen-bond acceptors (Lipinski definition) is 3. The normalized spacial score (nSPS) is 10.5. The Balaban J connectivity index is 2.01. The average Bonchev–Trinajstić information content (AvgIpc) is 3.00. The monoisotopic (exact) mass is 327 g/mol. The molecule has 0 unspecified atom stereocenters. The van der Waals surface area contributed by atoms with Crippen LogP contribution in [0.5, 0.6) is 0 Å². The van der Waals surface area contributed by atoms with Crippen molar-refractivity contribution >= 4 is 34.4 Å². The molecule has 3 aromatic rings. The highest BCUT2D eigenvalue weighted by Gasteiger charge is 2.18. The van der Waals surface area contributed by atoms with Gasteiger partial charge in [0.1, 0.15) is 0 Å². The van der Waals surface area contributed by atoms with Crippen LogP contribution in [-0.2, 0) is 0 Å². The minimum Gasteiger partial charge on any atom is -0.387 e. The first-order valence-electron chi connectivity index (χ1n) is 6.86. The Morgan fingerprint density at radius 1 is 1.05 bits per heavy atom. The molecule has 0 radical (unpaired) electrons. The molecule has 110 valence electrons. The third-order valence-corrected chi connectivity index (χ3v) is 4.81. The Hall–Kier alpha value is -2.10. The first-order valence-corrected chi connectivity index (χ1v) is 8.06. The van der Waals surface area contributed by atoms with E-state index in [1.165, 1.54) is 11.3 Å². The van der Waals surface area contributed by atoms with Crippen LogP contribution in [0.25, 0.3) is 10.4 Å². The molecule has 2 aromatic carbocycles. The predicted octanol–water partition coefficient (Wildman–Crippen LogP) is 5.34. The van der Waals surface area contributed by atoms with Crippen molar-refractivity contribution in [2.24, 2.45) is 0 Å². The summed E-state index contributed by atoms with van der Waals surface area (Å²) >= 11 is 7.38. The van der Waals surface area contributed by atoms with Gasteiger partial charge in [0.05, 0.1) is 10.6 Å². The van der Waals surface area contributed by atoms with Crippen LogP contribution in [0.4, 0.5) is 5.69 Å². The van der Waals surface area contributed by atoms with Crippen molar-refractivity contribution in [3.05, 3.63) is 76.1 Å². The van der Waals surface area contributed by atoms with Crippen molar-refractivity contribution in [2.75, 3.05) is 12.4 Å². The largest absolute Gasteiger partial charge is 0.387 e. The van der Waals surface area contributed by atoms with Gasteiger partial charge < -0.3 is 5.32 Å². The second kappa shape index (κ2) is 6.34. The minimum atomic E-state index is 0.00759. The standard InChI is InChI=1S/C18H14ClNOS/c1-20-15-11-16(12-5-3-2-4-6-12)22-18(15)17(21)13-7-9-14(19)10-8-13/h2-11,20H,1H3. The maximum absolute atomic E-state index is 12.7. The zero-order valence-electron chi connectivity index (χ0n) is 12.0. The predicted molar refractivity (Wildman–Crippen MR) is 94.2 cm³/mol. The molecule has 0 amide bonds. The molecule has 0 aliphatic rings. The molecular formula is C18H14ClNOS. The Morgan fingerprint density at radius 3 is 2.36 bits per heavy atom. The summed E-state index contributed by atoms with van der Waals surface area (Å²) in [6, 6.07) is 19.1. The molecule has 0 spiro atoms. The molecule has 0 saturated heterocycles. The van der Waals surface area contributed by atoms with E-state index in [1.54, 1.807) is 24.3 Å². The summed E-state index contributed by atoms with van der Waals surface area (Å²) in [7, 11) is 1.83. The molecule has 0 atom stereocenters. The van der Waals surface area contributed by atoms with Gasteiger partial charge in [-0.25, -0.2) is 0 Å². The second-order valence-corrected chi connectivity index (χ2v) is 6.29. The molecule has 0 fully saturated rings. The summed E-state index contributed by atoms with van der Waals surface area (Å²) in [5.74, 6) is 0.00759. The summed E-state index contributed by atoms with van der Waals surface area (Å²) in [6.45, 7) is 0. The topological polar surface area (TPSA) is 29.1 Å². The quantitative estimate of drug-likeness (QED) is 0.655. The average molecular weight is 328 g/mol. The number of nitrogens with one attached hydrogen (secondary N) is 1. The van der Waals surface area contributed by atoms with Gasteiger partial charge in [0, 0.05) is 22.5 Å². The fraction of sp³-hybridized carbons (Fsp3) is 0.0556. The number of anilines is 1. The van der Waals surface area contributed by atoms with Gasteiger partial charge in [0.15, 0.2) is 0 Å². The van der Waals surface area contributed by atoms with Crippen molar-refractivity contribution in [3.63, 3.8) is 0 Å². The summed E-state index contributed by atoms with van der Waals surface area (Å²) in [5, 5.41) is 3.74. The SMILES string of the molecule is CNc1cc(-c2ccccc2)sc1C(=O)c1ccc(Cl)cc1. The van der Waals surface area contributed by atoms with Gasteiger partial charge in [-0.15, -0.1) is 11.3 Å². The molecule has 2 nitrogen and oxygen atoms in total. The molecule has 1 N–H and O–H groups in total. The maximum atomic E-state index is 12.7. The van der Waals surface area contributed by atoms with Crippen molar-refractivity contribution in [3.8, 4) is 10.4 Å². The molecule has 4 heteroatoms. The van der Waals surface area contributed by atoms with E-state index in [0.29, 0.717) is 15.5 Å². The lowest BCUT2D eigenvalue weighted by Gasteiger charge is -2.02. The Kier molecular flexibility index (Phi) is 4.27. The molecular weight excluding hydrogens is 314 g/mol. The molecule has 0 saturated carbocycles. The zero-order chi connectivity index (χ0) is 15.5. The zero-order valence-corrected chi connectivity index (χ0v) is 13.5. The van der Waals surface area contributed by atoms with Crippen LogP contribution in [-0.4, -0.2) is 12.8 Å². The fourth-order valence-electron chi connectivity index (χ4n) is 2.22. The Morgan fingerprint density at radius 2 is 1.73 bits per heavy atom. The third kappa shape index (κ3) is 2.91. The van der Waals surface area contributed by atoms with Crippen molar-refractivity contribution < 1.29 is 4.79 Å². The number of benzene rings is 2. The molecule has 1 aromatic heterocycles. The van der Waals surface area contributed by atoms with Crippen LogP contribution < -0.4 is 5.32 Å². The first-order chi connectivity index (χ1) is 10.7. The van der Waals surface area contributed by atoms with Crippen LogP contribution in [0.1, 0.15) is 15.2 Å². The maximum Gasteiger partial charge on any atom is 0.205 e. The minimum absolute atomic E-state index is 0.00759. The number of rotatable bonds is 4. The van der Waals surface area contributed by atoms with Crippen LogP contribution in [0.2, 0.25) is 5.02 Å². The van der Waals surface area contributed by atoms with Crippen LogP contribution >= 0.6 is 22.9 Å². The number of ketones is 1. The van der Waals surface area contributed by atoms with E-state index in [0.717, 1.165) is 16.1 Å². The lowest BCUT2D eigenvalue weighted by atomic mass is 10.1. The van der Waals surface area contributed by atoms with Gasteiger partial charge in [-0.05, 0) is 35.9 Å². The van der Waals surface area contributed by atoms with E-state index in [2.05, 4.69) is 5.32 Å². The third-order valence-electron chi connectivity index (χ3n) is 3.37. The van der Waals surface area contributed by atoms with E-state index in [9.17, 15) is 4.79 Å².